The topological polar surface area (TPSA) is 73.9 Å². The molecule has 1 aliphatic rings. The van der Waals surface area contributed by atoms with Gasteiger partial charge < -0.3 is 19.5 Å². The van der Waals surface area contributed by atoms with E-state index in [0.717, 1.165) is 0 Å². The molecule has 1 atom stereocenters. The van der Waals surface area contributed by atoms with Crippen LogP contribution in [0, 0.1) is 0 Å². The van der Waals surface area contributed by atoms with Crippen molar-refractivity contribution in [3.63, 3.8) is 0 Å². The van der Waals surface area contributed by atoms with Crippen molar-refractivity contribution in [3.05, 3.63) is 29.8 Å². The third-order valence-corrected chi connectivity index (χ3v) is 2.97. The van der Waals surface area contributed by atoms with E-state index in [-0.39, 0.29) is 11.5 Å². The Kier molecular flexibility index (Phi) is 5.01. The maximum absolute atomic E-state index is 12.9. The first-order chi connectivity index (χ1) is 11.5. The van der Waals surface area contributed by atoms with E-state index >= 15 is 0 Å². The summed E-state index contributed by atoms with van der Waals surface area (Å²) in [7, 11) is 0. The Bertz CT molecular complexity index is 709. The molecule has 2 rings (SSSR count). The summed E-state index contributed by atoms with van der Waals surface area (Å²) < 4.78 is 39.7. The van der Waals surface area contributed by atoms with Gasteiger partial charge >= 0.3 is 12.3 Å². The lowest BCUT2D eigenvalue weighted by atomic mass is 10.2. The van der Waals surface area contributed by atoms with Crippen LogP contribution in [0.3, 0.4) is 0 Å². The van der Waals surface area contributed by atoms with Gasteiger partial charge in [0.1, 0.15) is 11.6 Å². The molecule has 0 fully saturated rings. The molecule has 0 bridgehead atoms. The zero-order valence-electron chi connectivity index (χ0n) is 14.3. The van der Waals surface area contributed by atoms with Crippen molar-refractivity contribution in [2.75, 3.05) is 0 Å². The van der Waals surface area contributed by atoms with Crippen LogP contribution in [0.2, 0.25) is 0 Å². The molecule has 1 aliphatic heterocycles. The smallest absolute Gasteiger partial charge is 0.458 e. The Hall–Kier alpha value is -2.64. The highest BCUT2D eigenvalue weighted by atomic mass is 19.3. The SMILES string of the molecule is CC(NC(=O)/C=C/c1ccc2c(c1)OC(F)(F)O2)C(=O)OC(C)(C)C. The average molecular weight is 355 g/mol. The molecule has 0 saturated carbocycles. The van der Waals surface area contributed by atoms with Crippen LogP contribution in [-0.4, -0.2) is 29.8 Å². The number of hydrogen-bond donors (Lipinski definition) is 1. The van der Waals surface area contributed by atoms with Crippen LogP contribution >= 0.6 is 0 Å². The molecule has 1 N–H and O–H groups in total. The number of carbonyl (C=O) groups is 2. The Labute approximate surface area is 143 Å². The number of hydrogen-bond acceptors (Lipinski definition) is 5. The fourth-order valence-corrected chi connectivity index (χ4v) is 1.95. The minimum Gasteiger partial charge on any atom is -0.458 e. The number of rotatable bonds is 4. The summed E-state index contributed by atoms with van der Waals surface area (Å²) in [6.45, 7) is 6.68. The average Bonchev–Trinajstić information content (AvgIpc) is 2.76. The number of benzene rings is 1. The molecule has 0 aromatic heterocycles. The lowest BCUT2D eigenvalue weighted by Crippen LogP contribution is -2.41. The van der Waals surface area contributed by atoms with Crippen LogP contribution < -0.4 is 14.8 Å². The number of halogens is 2. The Morgan fingerprint density at radius 2 is 1.88 bits per heavy atom. The van der Waals surface area contributed by atoms with E-state index in [1.54, 1.807) is 20.8 Å². The number of alkyl halides is 2. The molecule has 1 amide bonds. The van der Waals surface area contributed by atoms with Crippen molar-refractivity contribution >= 4 is 18.0 Å². The Morgan fingerprint density at radius 1 is 1.24 bits per heavy atom. The van der Waals surface area contributed by atoms with Gasteiger partial charge in [0.15, 0.2) is 11.5 Å². The van der Waals surface area contributed by atoms with Crippen LogP contribution in [0.15, 0.2) is 24.3 Å². The zero-order chi connectivity index (χ0) is 18.8. The third kappa shape index (κ3) is 5.44. The van der Waals surface area contributed by atoms with Gasteiger partial charge in [-0.25, -0.2) is 4.79 Å². The standard InChI is InChI=1S/C17H19F2NO5/c1-10(15(22)25-16(2,3)4)20-14(21)8-6-11-5-7-12-13(9-11)24-17(18,19)23-12/h5-10H,1-4H3,(H,20,21)/b8-6+. The number of nitrogens with one attached hydrogen (secondary N) is 1. The molecule has 6 nitrogen and oxygen atoms in total. The highest BCUT2D eigenvalue weighted by molar-refractivity contribution is 5.94. The number of esters is 1. The zero-order valence-corrected chi connectivity index (χ0v) is 14.3. The fourth-order valence-electron chi connectivity index (χ4n) is 1.95. The van der Waals surface area contributed by atoms with Gasteiger partial charge in [0, 0.05) is 6.08 Å². The largest absolute Gasteiger partial charge is 0.586 e. The van der Waals surface area contributed by atoms with Gasteiger partial charge in [-0.15, -0.1) is 8.78 Å². The van der Waals surface area contributed by atoms with E-state index in [2.05, 4.69) is 14.8 Å². The predicted octanol–water partition coefficient (Wildman–Crippen LogP) is 2.87. The molecule has 25 heavy (non-hydrogen) atoms. The number of carbonyl (C=O) groups excluding carboxylic acids is 2. The van der Waals surface area contributed by atoms with Crippen molar-refractivity contribution in [1.82, 2.24) is 5.32 Å². The molecular formula is C17H19F2NO5. The first kappa shape index (κ1) is 18.7. The molecular weight excluding hydrogens is 336 g/mol. The molecule has 0 saturated heterocycles. The molecule has 0 radical (unpaired) electrons. The Morgan fingerprint density at radius 3 is 2.52 bits per heavy atom. The van der Waals surface area contributed by atoms with Gasteiger partial charge in [0.05, 0.1) is 0 Å². The molecule has 0 spiro atoms. The summed E-state index contributed by atoms with van der Waals surface area (Å²) in [6, 6.07) is 3.30. The van der Waals surface area contributed by atoms with E-state index in [4.69, 9.17) is 4.74 Å². The minimum atomic E-state index is -3.69. The van der Waals surface area contributed by atoms with Crippen LogP contribution in [0.4, 0.5) is 8.78 Å². The maximum atomic E-state index is 12.9. The van der Waals surface area contributed by atoms with Crippen LogP contribution in [0.25, 0.3) is 6.08 Å². The fraction of sp³-hybridized carbons (Fsp3) is 0.412. The summed E-state index contributed by atoms with van der Waals surface area (Å²) in [5, 5.41) is 2.46. The van der Waals surface area contributed by atoms with Gasteiger partial charge in [-0.3, -0.25) is 4.79 Å². The number of ether oxygens (including phenoxy) is 3. The normalized spacial score (nSPS) is 16.6. The molecule has 1 aromatic rings. The van der Waals surface area contributed by atoms with Crippen molar-refractivity contribution in [3.8, 4) is 11.5 Å². The van der Waals surface area contributed by atoms with Crippen molar-refractivity contribution in [2.45, 2.75) is 45.6 Å². The monoisotopic (exact) mass is 355 g/mol. The van der Waals surface area contributed by atoms with Gasteiger partial charge in [0.2, 0.25) is 5.91 Å². The summed E-state index contributed by atoms with van der Waals surface area (Å²) in [6.07, 6.45) is -1.11. The minimum absolute atomic E-state index is 0.0786. The van der Waals surface area contributed by atoms with Crippen LogP contribution in [0.5, 0.6) is 11.5 Å². The van der Waals surface area contributed by atoms with Crippen LogP contribution in [0.1, 0.15) is 33.3 Å². The lowest BCUT2D eigenvalue weighted by molar-refractivity contribution is -0.286. The maximum Gasteiger partial charge on any atom is 0.586 e. The summed E-state index contributed by atoms with van der Waals surface area (Å²) in [4.78, 5) is 23.6. The van der Waals surface area contributed by atoms with E-state index in [1.807, 2.05) is 0 Å². The number of amides is 1. The van der Waals surface area contributed by atoms with E-state index in [1.165, 1.54) is 37.3 Å². The quantitative estimate of drug-likeness (QED) is 0.664. The van der Waals surface area contributed by atoms with Gasteiger partial charge in [0.25, 0.3) is 0 Å². The lowest BCUT2D eigenvalue weighted by Gasteiger charge is -2.22. The molecule has 1 unspecified atom stereocenters. The Balaban J connectivity index is 1.94. The van der Waals surface area contributed by atoms with E-state index in [9.17, 15) is 18.4 Å². The molecule has 1 aromatic carbocycles. The highest BCUT2D eigenvalue weighted by Crippen LogP contribution is 2.41. The summed E-state index contributed by atoms with van der Waals surface area (Å²) >= 11 is 0. The molecule has 1 heterocycles. The summed E-state index contributed by atoms with van der Waals surface area (Å²) in [5.41, 5.74) is -0.194. The third-order valence-electron chi connectivity index (χ3n) is 2.97. The number of fused-ring (bicyclic) bond motifs is 1. The van der Waals surface area contributed by atoms with Crippen molar-refractivity contribution in [1.29, 1.82) is 0 Å². The highest BCUT2D eigenvalue weighted by Gasteiger charge is 2.43. The first-order valence-corrected chi connectivity index (χ1v) is 7.56. The van der Waals surface area contributed by atoms with Crippen molar-refractivity contribution in [2.24, 2.45) is 0 Å². The summed E-state index contributed by atoms with van der Waals surface area (Å²) in [5.74, 6) is -1.28. The van der Waals surface area contributed by atoms with E-state index < -0.39 is 29.8 Å². The van der Waals surface area contributed by atoms with Crippen LogP contribution in [-0.2, 0) is 14.3 Å². The second kappa shape index (κ2) is 6.70. The van der Waals surface area contributed by atoms with Crippen molar-refractivity contribution < 1.29 is 32.6 Å². The van der Waals surface area contributed by atoms with Gasteiger partial charge in [-0.05, 0) is 51.5 Å². The first-order valence-electron chi connectivity index (χ1n) is 7.56. The predicted molar refractivity (Wildman–Crippen MR) is 85.1 cm³/mol. The van der Waals surface area contributed by atoms with Gasteiger partial charge in [-0.1, -0.05) is 6.07 Å². The van der Waals surface area contributed by atoms with E-state index in [0.29, 0.717) is 5.56 Å². The molecule has 136 valence electrons. The second-order valence-corrected chi connectivity index (χ2v) is 6.47. The molecule has 8 heteroatoms. The molecule has 0 aliphatic carbocycles. The van der Waals surface area contributed by atoms with Gasteiger partial charge in [-0.2, -0.15) is 0 Å². The second-order valence-electron chi connectivity index (χ2n) is 6.47.